The maximum atomic E-state index is 6.47. The van der Waals surface area contributed by atoms with Gasteiger partial charge in [0, 0.05) is 12.1 Å². The zero-order valence-electron chi connectivity index (χ0n) is 15.0. The van der Waals surface area contributed by atoms with Gasteiger partial charge in [-0.2, -0.15) is 0 Å². The lowest BCUT2D eigenvalue weighted by atomic mass is 10.2. The van der Waals surface area contributed by atoms with Crippen LogP contribution in [0.15, 0.2) is 0 Å². The molecule has 2 atom stereocenters. The molecule has 0 rings (SSSR count). The van der Waals surface area contributed by atoms with Gasteiger partial charge < -0.3 is 9.21 Å². The van der Waals surface area contributed by atoms with Crippen LogP contribution >= 0.6 is 44.3 Å². The van der Waals surface area contributed by atoms with Crippen molar-refractivity contribution in [3.05, 3.63) is 0 Å². The second-order valence-electron chi connectivity index (χ2n) is 7.04. The minimum Gasteiger partial charge on any atom is -0.348 e. The van der Waals surface area contributed by atoms with Crippen molar-refractivity contribution in [3.8, 4) is 0 Å². The highest BCUT2D eigenvalue weighted by molar-refractivity contribution is 7.91. The fraction of sp³-hybridized carbons (Fsp3) is 1.00. The van der Waals surface area contributed by atoms with Gasteiger partial charge in [-0.25, -0.2) is 0 Å². The molecule has 10 heteroatoms. The smallest absolute Gasteiger partial charge is 0.348 e. The number of hydrogen-bond acceptors (Lipinski definition) is 2. The summed E-state index contributed by atoms with van der Waals surface area (Å²) in [4.78, 5) is 0. The van der Waals surface area contributed by atoms with Crippen molar-refractivity contribution in [1.82, 2.24) is 9.21 Å². The third-order valence-electron chi connectivity index (χ3n) is 4.98. The van der Waals surface area contributed by atoms with Gasteiger partial charge in [-0.1, -0.05) is 53.9 Å². The highest BCUT2D eigenvalue weighted by Crippen LogP contribution is 2.31. The largest absolute Gasteiger partial charge is 0.357 e. The lowest BCUT2D eigenvalue weighted by molar-refractivity contribution is 0.258. The van der Waals surface area contributed by atoms with Crippen LogP contribution in [0.5, 0.6) is 0 Å². The van der Waals surface area contributed by atoms with E-state index in [1.807, 2.05) is 0 Å². The van der Waals surface area contributed by atoms with Gasteiger partial charge in [0.25, 0.3) is 7.79 Å². The van der Waals surface area contributed by atoms with Gasteiger partial charge in [0.15, 0.2) is 0 Å². The quantitative estimate of drug-likeness (QED) is 0.367. The molecule has 0 spiro atoms. The molecule has 0 aromatic rings. The molecular weight excluding hydrogens is 426 g/mol. The maximum absolute atomic E-state index is 6.47. The first-order valence-corrected chi connectivity index (χ1v) is 23.4. The summed E-state index contributed by atoms with van der Waals surface area (Å²) in [6.07, 6.45) is 2.31. The normalized spacial score (nSPS) is 17.2. The van der Waals surface area contributed by atoms with E-state index in [2.05, 4.69) is 63.1 Å². The van der Waals surface area contributed by atoms with Crippen LogP contribution in [0.1, 0.15) is 40.5 Å². The lowest BCUT2D eigenvalue weighted by Crippen LogP contribution is -2.78. The molecule has 0 aliphatic rings. The predicted octanol–water partition coefficient (Wildman–Crippen LogP) is 5.42. The van der Waals surface area contributed by atoms with Gasteiger partial charge >= 0.3 is 5.52 Å². The van der Waals surface area contributed by atoms with E-state index in [1.165, 1.54) is 0 Å². The number of nitrogens with zero attached hydrogens (tertiary/aromatic N) is 1. The molecule has 0 aromatic heterocycles. The Hall–Kier alpha value is 1.95. The molecule has 133 valence electrons. The van der Waals surface area contributed by atoms with Crippen molar-refractivity contribution in [2.45, 2.75) is 78.8 Å². The number of hydrogen-bond donors (Lipinski definition) is 1. The zero-order valence-corrected chi connectivity index (χ0v) is 22.1. The summed E-state index contributed by atoms with van der Waals surface area (Å²) < 4.78 is 6.44. The van der Waals surface area contributed by atoms with E-state index >= 15 is 0 Å². The molecule has 0 saturated carbocycles. The second-order valence-corrected chi connectivity index (χ2v) is 39.5. The third kappa shape index (κ3) is 6.03. The summed E-state index contributed by atoms with van der Waals surface area (Å²) in [5.74, 6) is 0. The number of rotatable bonds is 9. The SMILES string of the molecule is CCC(C)N(C(C)CC)[Si](C)(C)[Si](C)(C)N[Si](Cl)[Si](Cl)(Cl)Cl. The van der Waals surface area contributed by atoms with Crippen LogP contribution in [0.4, 0.5) is 0 Å². The van der Waals surface area contributed by atoms with E-state index in [-0.39, 0.29) is 0 Å². The Morgan fingerprint density at radius 3 is 1.59 bits per heavy atom. The molecule has 0 aliphatic carbocycles. The standard InChI is InChI=1S/C12H31Cl4N2Si4/c1-9-11(3)18(12(4)10-2)21(7,8)20(5,6)17-19(13)22(14,15)16/h11-12,17H,9-10H2,1-8H3. The summed E-state index contributed by atoms with van der Waals surface area (Å²) in [6.45, 7) is 18.8. The molecule has 0 aromatic carbocycles. The monoisotopic (exact) mass is 455 g/mol. The lowest BCUT2D eigenvalue weighted by Gasteiger charge is -2.52. The predicted molar refractivity (Wildman–Crippen MR) is 114 cm³/mol. The van der Waals surface area contributed by atoms with Crippen molar-refractivity contribution in [2.75, 3.05) is 0 Å². The van der Waals surface area contributed by atoms with Crippen molar-refractivity contribution in [2.24, 2.45) is 0 Å². The van der Waals surface area contributed by atoms with Crippen LogP contribution in [0.2, 0.25) is 26.2 Å². The first-order chi connectivity index (χ1) is 9.72. The van der Waals surface area contributed by atoms with Crippen LogP contribution in [-0.2, 0) is 0 Å². The molecule has 0 saturated heterocycles. The Morgan fingerprint density at radius 2 is 1.32 bits per heavy atom. The maximum Gasteiger partial charge on any atom is 0.357 e. The molecular formula is C12H31Cl4N2Si4. The third-order valence-corrected chi connectivity index (χ3v) is 38.9. The molecule has 0 fully saturated rings. The van der Waals surface area contributed by atoms with Gasteiger partial charge in [0.1, 0.15) is 15.5 Å². The van der Waals surface area contributed by atoms with Crippen LogP contribution < -0.4 is 4.65 Å². The minimum absolute atomic E-state index is 0.571. The Bertz CT molecular complexity index is 343. The average molecular weight is 458 g/mol. The second kappa shape index (κ2) is 9.05. The molecule has 0 aliphatic heterocycles. The zero-order chi connectivity index (χ0) is 17.9. The van der Waals surface area contributed by atoms with Crippen molar-refractivity contribution < 1.29 is 0 Å². The average Bonchev–Trinajstić information content (AvgIpc) is 2.36. The molecule has 2 nitrogen and oxygen atoms in total. The van der Waals surface area contributed by atoms with Gasteiger partial charge in [0.05, 0.1) is 0 Å². The first kappa shape index (κ1) is 23.9. The van der Waals surface area contributed by atoms with E-state index in [0.29, 0.717) is 12.1 Å². The van der Waals surface area contributed by atoms with Crippen molar-refractivity contribution >= 4 is 73.1 Å². The summed E-state index contributed by atoms with van der Waals surface area (Å²) in [5, 5.41) is 0. The van der Waals surface area contributed by atoms with Crippen LogP contribution in [0, 0.1) is 0 Å². The van der Waals surface area contributed by atoms with Gasteiger partial charge in [-0.05, 0) is 12.8 Å². The van der Waals surface area contributed by atoms with E-state index < -0.39 is 28.8 Å². The molecule has 1 radical (unpaired) electrons. The number of nitrogens with one attached hydrogen (secondary N) is 1. The van der Waals surface area contributed by atoms with E-state index in [0.717, 1.165) is 12.8 Å². The van der Waals surface area contributed by atoms with Gasteiger partial charge in [-0.3, -0.25) is 0 Å². The summed E-state index contributed by atoms with van der Waals surface area (Å²) in [6, 6.07) is 1.14. The molecule has 0 heterocycles. The van der Waals surface area contributed by atoms with Crippen LogP contribution in [0.25, 0.3) is 0 Å². The van der Waals surface area contributed by atoms with Crippen molar-refractivity contribution in [1.29, 1.82) is 0 Å². The highest BCUT2D eigenvalue weighted by atomic mass is 35.9. The molecule has 0 amide bonds. The summed E-state index contributed by atoms with van der Waals surface area (Å²) >= 11 is 24.9. The topological polar surface area (TPSA) is 15.3 Å². The van der Waals surface area contributed by atoms with E-state index in [9.17, 15) is 0 Å². The number of halogens is 4. The Labute approximate surface area is 160 Å². The van der Waals surface area contributed by atoms with E-state index in [4.69, 9.17) is 44.3 Å². The molecule has 22 heavy (non-hydrogen) atoms. The minimum atomic E-state index is -2.84. The molecule has 2 unspecified atom stereocenters. The van der Waals surface area contributed by atoms with Gasteiger partial charge in [0.2, 0.25) is 0 Å². The summed E-state index contributed by atoms with van der Waals surface area (Å²) in [5.41, 5.74) is -2.84. The Morgan fingerprint density at radius 1 is 0.955 bits per heavy atom. The fourth-order valence-corrected chi connectivity index (χ4v) is 29.0. The van der Waals surface area contributed by atoms with Gasteiger partial charge in [-0.15, -0.1) is 44.3 Å². The molecule has 0 bridgehead atoms. The fourth-order valence-electron chi connectivity index (χ4n) is 2.75. The Balaban J connectivity index is 5.52. The highest BCUT2D eigenvalue weighted by Gasteiger charge is 2.52. The van der Waals surface area contributed by atoms with Crippen LogP contribution in [-0.4, -0.2) is 45.5 Å². The Kier molecular flexibility index (Phi) is 9.85. The van der Waals surface area contributed by atoms with E-state index in [1.54, 1.807) is 0 Å². The van der Waals surface area contributed by atoms with Crippen LogP contribution in [0.3, 0.4) is 0 Å². The first-order valence-electron chi connectivity index (χ1n) is 7.88. The summed E-state index contributed by atoms with van der Waals surface area (Å²) in [7, 11) is -5.15. The molecule has 1 N–H and O–H groups in total. The van der Waals surface area contributed by atoms with Crippen molar-refractivity contribution in [3.63, 3.8) is 0 Å².